The molecule has 19 heavy (non-hydrogen) atoms. The van der Waals surface area contributed by atoms with Gasteiger partial charge < -0.3 is 5.32 Å². The number of benzene rings is 1. The van der Waals surface area contributed by atoms with Crippen molar-refractivity contribution in [2.45, 2.75) is 40.3 Å². The second-order valence-corrected chi connectivity index (χ2v) is 5.04. The third kappa shape index (κ3) is 2.56. The molecule has 1 unspecified atom stereocenters. The quantitative estimate of drug-likeness (QED) is 0.912. The molecule has 3 nitrogen and oxygen atoms in total. The van der Waals surface area contributed by atoms with Crippen molar-refractivity contribution in [2.75, 3.05) is 7.05 Å². The Morgan fingerprint density at radius 1 is 1.26 bits per heavy atom. The molecule has 0 saturated carbocycles. The molecule has 0 aliphatic carbocycles. The molecule has 0 spiro atoms. The first-order valence-corrected chi connectivity index (χ1v) is 6.86. The Labute approximate surface area is 115 Å². The van der Waals surface area contributed by atoms with Gasteiger partial charge in [-0.05, 0) is 57.5 Å². The number of aryl methyl sites for hydroxylation is 3. The van der Waals surface area contributed by atoms with Gasteiger partial charge in [-0.25, -0.2) is 0 Å². The molecular weight excluding hydrogens is 234 g/mol. The summed E-state index contributed by atoms with van der Waals surface area (Å²) in [7, 11) is 2.01. The van der Waals surface area contributed by atoms with Crippen molar-refractivity contribution in [3.63, 3.8) is 0 Å². The lowest BCUT2D eigenvalue weighted by Gasteiger charge is -2.21. The van der Waals surface area contributed by atoms with Crippen LogP contribution in [-0.2, 0) is 6.54 Å². The monoisotopic (exact) mass is 257 g/mol. The lowest BCUT2D eigenvalue weighted by atomic mass is 9.95. The number of nitrogens with one attached hydrogen (secondary N) is 1. The van der Waals surface area contributed by atoms with E-state index in [1.165, 1.54) is 22.4 Å². The van der Waals surface area contributed by atoms with Crippen molar-refractivity contribution < 1.29 is 0 Å². The van der Waals surface area contributed by atoms with Crippen LogP contribution in [0.1, 0.15) is 41.0 Å². The van der Waals surface area contributed by atoms with Crippen molar-refractivity contribution in [2.24, 2.45) is 0 Å². The molecule has 0 saturated heterocycles. The van der Waals surface area contributed by atoms with E-state index in [1.807, 2.05) is 14.0 Å². The lowest BCUT2D eigenvalue weighted by molar-refractivity contribution is 0.560. The predicted molar refractivity (Wildman–Crippen MR) is 79.5 cm³/mol. The number of rotatable bonds is 4. The van der Waals surface area contributed by atoms with Crippen LogP contribution in [0.3, 0.4) is 0 Å². The highest BCUT2D eigenvalue weighted by Gasteiger charge is 2.19. The van der Waals surface area contributed by atoms with E-state index in [0.717, 1.165) is 12.2 Å². The Morgan fingerprint density at radius 2 is 2.00 bits per heavy atom. The van der Waals surface area contributed by atoms with Gasteiger partial charge in [0.2, 0.25) is 0 Å². The molecule has 3 heteroatoms. The molecule has 0 aliphatic heterocycles. The van der Waals surface area contributed by atoms with E-state index in [1.54, 1.807) is 0 Å². The first-order chi connectivity index (χ1) is 9.08. The van der Waals surface area contributed by atoms with E-state index in [-0.39, 0.29) is 6.04 Å². The van der Waals surface area contributed by atoms with Crippen LogP contribution >= 0.6 is 0 Å². The zero-order valence-corrected chi connectivity index (χ0v) is 12.5. The van der Waals surface area contributed by atoms with Crippen LogP contribution in [0, 0.1) is 20.8 Å². The minimum absolute atomic E-state index is 0.195. The van der Waals surface area contributed by atoms with Crippen LogP contribution in [0.15, 0.2) is 24.3 Å². The third-order valence-electron chi connectivity index (χ3n) is 3.77. The average molecular weight is 257 g/mol. The Bertz CT molecular complexity index is 569. The maximum absolute atomic E-state index is 4.55. The molecule has 0 radical (unpaired) electrons. The molecule has 2 aromatic rings. The fourth-order valence-corrected chi connectivity index (χ4v) is 2.60. The van der Waals surface area contributed by atoms with Crippen molar-refractivity contribution in [1.29, 1.82) is 0 Å². The summed E-state index contributed by atoms with van der Waals surface area (Å²) < 4.78 is 2.08. The Hall–Kier alpha value is -1.61. The topological polar surface area (TPSA) is 29.9 Å². The van der Waals surface area contributed by atoms with Crippen molar-refractivity contribution in [3.8, 4) is 0 Å². The number of nitrogens with zero attached hydrogens (tertiary/aromatic N) is 2. The van der Waals surface area contributed by atoms with Gasteiger partial charge in [-0.1, -0.05) is 18.2 Å². The highest BCUT2D eigenvalue weighted by Crippen LogP contribution is 2.26. The van der Waals surface area contributed by atoms with Crippen molar-refractivity contribution in [1.82, 2.24) is 15.1 Å². The molecule has 0 amide bonds. The van der Waals surface area contributed by atoms with Gasteiger partial charge in [-0.15, -0.1) is 0 Å². The maximum Gasteiger partial charge on any atom is 0.0748 e. The fourth-order valence-electron chi connectivity index (χ4n) is 2.60. The maximum atomic E-state index is 4.55. The summed E-state index contributed by atoms with van der Waals surface area (Å²) in [5, 5.41) is 7.98. The van der Waals surface area contributed by atoms with Gasteiger partial charge in [-0.2, -0.15) is 5.10 Å². The standard InChI is InChI=1S/C16H23N3/c1-6-19-15(10-12(3)18-19)16(17-5)14-9-7-8-11(2)13(14)4/h7-10,16-17H,6H2,1-5H3. The zero-order chi connectivity index (χ0) is 14.0. The molecule has 1 heterocycles. The van der Waals surface area contributed by atoms with E-state index in [9.17, 15) is 0 Å². The molecule has 1 N–H and O–H groups in total. The van der Waals surface area contributed by atoms with Gasteiger partial charge in [0.15, 0.2) is 0 Å². The van der Waals surface area contributed by atoms with Gasteiger partial charge in [0.1, 0.15) is 0 Å². The summed E-state index contributed by atoms with van der Waals surface area (Å²) in [6, 6.07) is 8.86. The van der Waals surface area contributed by atoms with Crippen LogP contribution in [0.25, 0.3) is 0 Å². The second-order valence-electron chi connectivity index (χ2n) is 5.04. The van der Waals surface area contributed by atoms with Gasteiger partial charge in [0.05, 0.1) is 17.4 Å². The SMILES string of the molecule is CCn1nc(C)cc1C(NC)c1cccc(C)c1C. The van der Waals surface area contributed by atoms with Crippen LogP contribution in [0.5, 0.6) is 0 Å². The number of hydrogen-bond donors (Lipinski definition) is 1. The van der Waals surface area contributed by atoms with Gasteiger partial charge in [0, 0.05) is 6.54 Å². The van der Waals surface area contributed by atoms with E-state index in [4.69, 9.17) is 0 Å². The van der Waals surface area contributed by atoms with E-state index < -0.39 is 0 Å². The van der Waals surface area contributed by atoms with Crippen LogP contribution in [-0.4, -0.2) is 16.8 Å². The Balaban J connectivity index is 2.53. The summed E-state index contributed by atoms with van der Waals surface area (Å²) in [6.07, 6.45) is 0. The first-order valence-electron chi connectivity index (χ1n) is 6.86. The minimum Gasteiger partial charge on any atom is -0.308 e. The smallest absolute Gasteiger partial charge is 0.0748 e. The summed E-state index contributed by atoms with van der Waals surface area (Å²) >= 11 is 0. The zero-order valence-electron chi connectivity index (χ0n) is 12.5. The molecule has 0 aliphatic rings. The van der Waals surface area contributed by atoms with Crippen molar-refractivity contribution >= 4 is 0 Å². The summed E-state index contributed by atoms with van der Waals surface area (Å²) in [6.45, 7) is 9.42. The second kappa shape index (κ2) is 5.57. The molecule has 0 bridgehead atoms. The van der Waals surface area contributed by atoms with Crippen molar-refractivity contribution in [3.05, 3.63) is 52.3 Å². The van der Waals surface area contributed by atoms with E-state index in [0.29, 0.717) is 0 Å². The fraction of sp³-hybridized carbons (Fsp3) is 0.438. The average Bonchev–Trinajstić information content (AvgIpc) is 2.76. The first kappa shape index (κ1) is 13.8. The van der Waals surface area contributed by atoms with E-state index in [2.05, 4.69) is 60.1 Å². The van der Waals surface area contributed by atoms with Crippen LogP contribution in [0.2, 0.25) is 0 Å². The summed E-state index contributed by atoms with van der Waals surface area (Å²) in [4.78, 5) is 0. The minimum atomic E-state index is 0.195. The molecule has 2 rings (SSSR count). The van der Waals surface area contributed by atoms with E-state index >= 15 is 0 Å². The third-order valence-corrected chi connectivity index (χ3v) is 3.77. The summed E-state index contributed by atoms with van der Waals surface area (Å²) in [5.41, 5.74) is 6.32. The Kier molecular flexibility index (Phi) is 4.05. The number of aromatic nitrogens is 2. The lowest BCUT2D eigenvalue weighted by Crippen LogP contribution is -2.22. The Morgan fingerprint density at radius 3 is 2.63 bits per heavy atom. The largest absolute Gasteiger partial charge is 0.308 e. The summed E-state index contributed by atoms with van der Waals surface area (Å²) in [5.74, 6) is 0. The molecule has 102 valence electrons. The molecule has 1 aromatic carbocycles. The molecule has 0 fully saturated rings. The molecular formula is C16H23N3. The van der Waals surface area contributed by atoms with Gasteiger partial charge in [-0.3, -0.25) is 4.68 Å². The van der Waals surface area contributed by atoms with Gasteiger partial charge in [0.25, 0.3) is 0 Å². The van der Waals surface area contributed by atoms with Gasteiger partial charge >= 0.3 is 0 Å². The number of hydrogen-bond acceptors (Lipinski definition) is 2. The van der Waals surface area contributed by atoms with Crippen LogP contribution in [0.4, 0.5) is 0 Å². The molecule has 1 atom stereocenters. The normalized spacial score (nSPS) is 12.7. The highest BCUT2D eigenvalue weighted by atomic mass is 15.3. The highest BCUT2D eigenvalue weighted by molar-refractivity contribution is 5.39. The van der Waals surface area contributed by atoms with Crippen LogP contribution < -0.4 is 5.32 Å². The molecule has 1 aromatic heterocycles. The predicted octanol–water partition coefficient (Wildman–Crippen LogP) is 3.14.